The number of nitrogens with zero attached hydrogens (tertiary/aromatic N) is 4. The van der Waals surface area contributed by atoms with E-state index >= 15 is 0 Å². The van der Waals surface area contributed by atoms with Crippen LogP contribution in [0.1, 0.15) is 47.2 Å². The molecule has 1 amide bonds. The third-order valence-corrected chi connectivity index (χ3v) is 4.18. The largest absolute Gasteiger partial charge is 0.486 e. The number of anilines is 1. The lowest BCUT2D eigenvalue weighted by Crippen LogP contribution is -2.13. The van der Waals surface area contributed by atoms with Crippen LogP contribution in [0.4, 0.5) is 5.69 Å². The highest BCUT2D eigenvalue weighted by atomic mass is 16.5. The van der Waals surface area contributed by atoms with Crippen molar-refractivity contribution < 1.29 is 9.53 Å². The molecule has 0 saturated heterocycles. The molecule has 0 atom stereocenters. The molecule has 1 N–H and O–H groups in total. The molecule has 7 heteroatoms. The second-order valence-corrected chi connectivity index (χ2v) is 6.72. The van der Waals surface area contributed by atoms with Crippen LogP contribution in [0.5, 0.6) is 5.75 Å². The van der Waals surface area contributed by atoms with Crippen molar-refractivity contribution in [3.63, 3.8) is 0 Å². The van der Waals surface area contributed by atoms with E-state index in [2.05, 4.69) is 20.8 Å². The van der Waals surface area contributed by atoms with Gasteiger partial charge in [0, 0.05) is 11.3 Å². The van der Waals surface area contributed by atoms with Crippen LogP contribution in [0, 0.1) is 13.8 Å². The Labute approximate surface area is 158 Å². The Morgan fingerprint density at radius 2 is 1.89 bits per heavy atom. The molecule has 0 aliphatic rings. The summed E-state index contributed by atoms with van der Waals surface area (Å²) in [5.41, 5.74) is 3.51. The number of rotatable bonds is 6. The van der Waals surface area contributed by atoms with Crippen molar-refractivity contribution in [3.05, 3.63) is 65.0 Å². The molecule has 0 spiro atoms. The van der Waals surface area contributed by atoms with E-state index < -0.39 is 0 Å². The molecule has 3 rings (SSSR count). The summed E-state index contributed by atoms with van der Waals surface area (Å²) >= 11 is 0. The van der Waals surface area contributed by atoms with Crippen molar-refractivity contribution in [2.24, 2.45) is 0 Å². The molecular weight excluding hydrogens is 342 g/mol. The number of ether oxygens (including phenoxy) is 1. The fraction of sp³-hybridized carbons (Fsp3) is 0.300. The molecule has 0 bridgehead atoms. The highest BCUT2D eigenvalue weighted by molar-refractivity contribution is 6.04. The number of aromatic nitrogens is 4. The first kappa shape index (κ1) is 18.6. The first-order chi connectivity index (χ1) is 12.9. The normalized spacial score (nSPS) is 10.9. The third kappa shape index (κ3) is 4.49. The van der Waals surface area contributed by atoms with Crippen molar-refractivity contribution in [1.82, 2.24) is 20.2 Å². The topological polar surface area (TPSA) is 81.9 Å². The zero-order valence-electron chi connectivity index (χ0n) is 15.9. The van der Waals surface area contributed by atoms with Crippen LogP contribution in [0.3, 0.4) is 0 Å². The predicted octanol–water partition coefficient (Wildman–Crippen LogP) is 3.70. The molecule has 0 fully saturated rings. The lowest BCUT2D eigenvalue weighted by atomic mass is 10.1. The van der Waals surface area contributed by atoms with Gasteiger partial charge in [0.2, 0.25) is 0 Å². The quantitative estimate of drug-likeness (QED) is 0.720. The number of benzene rings is 2. The Morgan fingerprint density at radius 1 is 1.15 bits per heavy atom. The molecule has 27 heavy (non-hydrogen) atoms. The zero-order valence-corrected chi connectivity index (χ0v) is 15.9. The number of nitrogens with one attached hydrogen (secondary N) is 1. The Kier molecular flexibility index (Phi) is 5.49. The lowest BCUT2D eigenvalue weighted by Gasteiger charge is -2.11. The van der Waals surface area contributed by atoms with E-state index in [1.165, 1.54) is 0 Å². The van der Waals surface area contributed by atoms with Gasteiger partial charge in [-0.25, -0.2) is 4.68 Å². The number of tetrazole rings is 1. The van der Waals surface area contributed by atoms with Crippen molar-refractivity contribution in [3.8, 4) is 5.75 Å². The monoisotopic (exact) mass is 365 g/mol. The van der Waals surface area contributed by atoms with Crippen LogP contribution in [-0.4, -0.2) is 26.1 Å². The van der Waals surface area contributed by atoms with E-state index in [4.69, 9.17) is 4.74 Å². The zero-order chi connectivity index (χ0) is 19.4. The van der Waals surface area contributed by atoms with Gasteiger partial charge in [-0.15, -0.1) is 5.10 Å². The average Bonchev–Trinajstić information content (AvgIpc) is 3.12. The minimum Gasteiger partial charge on any atom is -0.486 e. The van der Waals surface area contributed by atoms with Gasteiger partial charge in [-0.3, -0.25) is 4.79 Å². The Morgan fingerprint density at radius 3 is 2.59 bits per heavy atom. The fourth-order valence-electron chi connectivity index (χ4n) is 2.62. The molecule has 140 valence electrons. The first-order valence-corrected chi connectivity index (χ1v) is 8.82. The molecule has 0 saturated carbocycles. The molecule has 7 nitrogen and oxygen atoms in total. The number of amides is 1. The molecule has 1 aromatic heterocycles. The van der Waals surface area contributed by atoms with E-state index in [-0.39, 0.29) is 18.6 Å². The van der Waals surface area contributed by atoms with Crippen LogP contribution in [0.2, 0.25) is 0 Å². The third-order valence-electron chi connectivity index (χ3n) is 4.18. The molecule has 0 aliphatic heterocycles. The summed E-state index contributed by atoms with van der Waals surface area (Å²) in [4.78, 5) is 12.5. The molecule has 3 aromatic rings. The van der Waals surface area contributed by atoms with Crippen LogP contribution < -0.4 is 10.1 Å². The van der Waals surface area contributed by atoms with Gasteiger partial charge in [0.05, 0.1) is 6.04 Å². The highest BCUT2D eigenvalue weighted by Crippen LogP contribution is 2.19. The van der Waals surface area contributed by atoms with E-state index in [0.717, 1.165) is 16.8 Å². The molecule has 0 aliphatic carbocycles. The van der Waals surface area contributed by atoms with Crippen molar-refractivity contribution in [2.45, 2.75) is 40.3 Å². The Bertz CT molecular complexity index is 932. The van der Waals surface area contributed by atoms with E-state index in [9.17, 15) is 4.79 Å². The van der Waals surface area contributed by atoms with Gasteiger partial charge >= 0.3 is 0 Å². The molecule has 0 radical (unpaired) electrons. The predicted molar refractivity (Wildman–Crippen MR) is 103 cm³/mol. The maximum absolute atomic E-state index is 12.5. The second-order valence-electron chi connectivity index (χ2n) is 6.72. The Hall–Kier alpha value is -3.22. The summed E-state index contributed by atoms with van der Waals surface area (Å²) in [6, 6.07) is 13.1. The van der Waals surface area contributed by atoms with Crippen molar-refractivity contribution >= 4 is 11.6 Å². The van der Waals surface area contributed by atoms with Crippen molar-refractivity contribution in [2.75, 3.05) is 5.32 Å². The summed E-state index contributed by atoms with van der Waals surface area (Å²) in [6.45, 7) is 8.24. The summed E-state index contributed by atoms with van der Waals surface area (Å²) in [5.74, 6) is 1.15. The summed E-state index contributed by atoms with van der Waals surface area (Å²) in [5, 5.41) is 14.5. The number of hydrogen-bond donors (Lipinski definition) is 1. The van der Waals surface area contributed by atoms with Crippen LogP contribution >= 0.6 is 0 Å². The van der Waals surface area contributed by atoms with E-state index in [1.807, 2.05) is 45.9 Å². The number of carbonyl (C=O) groups is 1. The maximum Gasteiger partial charge on any atom is 0.255 e. The minimum atomic E-state index is -0.154. The average molecular weight is 365 g/mol. The number of carbonyl (C=O) groups excluding carboxylic acids is 1. The van der Waals surface area contributed by atoms with Gasteiger partial charge in [-0.2, -0.15) is 0 Å². The molecular formula is C20H23N5O2. The van der Waals surface area contributed by atoms with Crippen LogP contribution in [0.25, 0.3) is 0 Å². The fourth-order valence-corrected chi connectivity index (χ4v) is 2.62. The van der Waals surface area contributed by atoms with Gasteiger partial charge in [0.1, 0.15) is 12.4 Å². The van der Waals surface area contributed by atoms with Gasteiger partial charge in [0.15, 0.2) is 5.82 Å². The second kappa shape index (κ2) is 7.99. The summed E-state index contributed by atoms with van der Waals surface area (Å²) < 4.78 is 7.45. The van der Waals surface area contributed by atoms with Crippen LogP contribution in [-0.2, 0) is 6.61 Å². The Balaban J connectivity index is 1.63. The van der Waals surface area contributed by atoms with E-state index in [0.29, 0.717) is 17.1 Å². The maximum atomic E-state index is 12.5. The van der Waals surface area contributed by atoms with Crippen molar-refractivity contribution in [1.29, 1.82) is 0 Å². The van der Waals surface area contributed by atoms with Gasteiger partial charge in [0.25, 0.3) is 5.91 Å². The summed E-state index contributed by atoms with van der Waals surface area (Å²) in [6.07, 6.45) is 0. The molecule has 2 aromatic carbocycles. The number of hydrogen-bond acceptors (Lipinski definition) is 5. The first-order valence-electron chi connectivity index (χ1n) is 8.82. The SMILES string of the molecule is Cc1ccc(C)c(NC(=O)c2ccc(OCc3nnnn3C(C)C)cc2)c1. The van der Waals surface area contributed by atoms with Gasteiger partial charge < -0.3 is 10.1 Å². The smallest absolute Gasteiger partial charge is 0.255 e. The minimum absolute atomic E-state index is 0.154. The van der Waals surface area contributed by atoms with Gasteiger partial charge in [-0.1, -0.05) is 12.1 Å². The highest BCUT2D eigenvalue weighted by Gasteiger charge is 2.11. The summed E-state index contributed by atoms with van der Waals surface area (Å²) in [7, 11) is 0. The van der Waals surface area contributed by atoms with E-state index in [1.54, 1.807) is 28.9 Å². The van der Waals surface area contributed by atoms with Gasteiger partial charge in [-0.05, 0) is 79.6 Å². The molecule has 0 unspecified atom stereocenters. The van der Waals surface area contributed by atoms with Crippen LogP contribution in [0.15, 0.2) is 42.5 Å². The molecule has 1 heterocycles. The number of aryl methyl sites for hydroxylation is 2. The standard InChI is InChI=1S/C20H23N5O2/c1-13(2)25-19(22-23-24-25)12-27-17-9-7-16(8-10-17)20(26)21-18-11-14(3)5-6-15(18)4/h5-11,13H,12H2,1-4H3,(H,21,26). The lowest BCUT2D eigenvalue weighted by molar-refractivity contribution is 0.102.